The molecule has 18 heteroatoms. The minimum Gasteiger partial charge on any atom is -0.346 e. The summed E-state index contributed by atoms with van der Waals surface area (Å²) in [6.45, 7) is 7.56. The molecule has 9 atom stereocenters. The lowest BCUT2D eigenvalue weighted by Gasteiger charge is -2.33. The summed E-state index contributed by atoms with van der Waals surface area (Å²) in [7, 11) is -4.71. The van der Waals surface area contributed by atoms with Gasteiger partial charge in [0.15, 0.2) is 0 Å². The lowest BCUT2D eigenvalue weighted by atomic mass is 10.0. The Labute approximate surface area is 601 Å². The molecule has 2 aromatic heterocycles. The minimum absolute atomic E-state index is 0.125. The van der Waals surface area contributed by atoms with Crippen LogP contribution in [0.25, 0.3) is 21.5 Å². The van der Waals surface area contributed by atoms with Gasteiger partial charge in [-0.2, -0.15) is 0 Å². The van der Waals surface area contributed by atoms with Gasteiger partial charge in [-0.05, 0) is 147 Å². The van der Waals surface area contributed by atoms with Crippen LogP contribution in [-0.4, -0.2) is 42.4 Å². The number of benzene rings is 11. The van der Waals surface area contributed by atoms with Crippen molar-refractivity contribution in [2.75, 3.05) is 0 Å². The van der Waals surface area contributed by atoms with Gasteiger partial charge in [0.05, 0.1) is 45.7 Å². The molecule has 0 saturated carbocycles. The third kappa shape index (κ3) is 12.3. The predicted molar refractivity (Wildman–Crippen MR) is 412 cm³/mol. The van der Waals surface area contributed by atoms with Crippen molar-refractivity contribution in [3.63, 3.8) is 0 Å². The summed E-state index contributed by atoms with van der Waals surface area (Å²) in [5.41, 5.74) is 3.59. The molecule has 0 saturated heterocycles. The predicted octanol–water partition coefficient (Wildman–Crippen LogP) is 14.4. The Hall–Kier alpha value is -12.0. The average Bonchev–Trinajstić information content (AvgIpc) is 1.54. The van der Waals surface area contributed by atoms with E-state index in [-0.39, 0.29) is 43.8 Å². The molecule has 0 spiro atoms. The summed E-state index contributed by atoms with van der Waals surface area (Å²) in [4.78, 5) is 128. The van der Waals surface area contributed by atoms with Crippen LogP contribution in [0.3, 0.4) is 0 Å². The third-order valence-electron chi connectivity index (χ3n) is 20.0. The maximum Gasteiger partial charge on any atom is 0.274 e. The molecule has 16 nitrogen and oxygen atoms in total. The van der Waals surface area contributed by atoms with Crippen molar-refractivity contribution in [3.05, 3.63) is 399 Å². The number of nitrogens with one attached hydrogen (secondary N) is 4. The van der Waals surface area contributed by atoms with Gasteiger partial charge in [-0.3, -0.25) is 38.4 Å². The first-order valence-corrected chi connectivity index (χ1v) is 37.6. The molecule has 4 amide bonds. The lowest BCUT2D eigenvalue weighted by molar-refractivity contribution is 0.0930. The number of fused-ring (bicyclic) bond motifs is 4. The largest absolute Gasteiger partial charge is 0.346 e. The fraction of sp³-hybridized carbons (Fsp3) is 0.140. The Bertz CT molecular complexity index is 5070. The molecule has 0 bridgehead atoms. The number of carbonyl (C=O) groups is 4. The van der Waals surface area contributed by atoms with Crippen LogP contribution in [0.15, 0.2) is 310 Å². The second-order valence-corrected chi connectivity index (χ2v) is 30.8. The molecule has 104 heavy (non-hydrogen) atoms. The van der Waals surface area contributed by atoms with Crippen LogP contribution in [-0.2, 0) is 0 Å². The fourth-order valence-corrected chi connectivity index (χ4v) is 22.3. The molecule has 514 valence electrons. The fourth-order valence-electron chi connectivity index (χ4n) is 14.9. The Kier molecular flexibility index (Phi) is 18.8. The Morgan fingerprint density at radius 1 is 0.260 bits per heavy atom. The van der Waals surface area contributed by atoms with Gasteiger partial charge in [-0.25, -0.2) is 18.7 Å². The normalized spacial score (nSPS) is 17.2. The third-order valence-corrected chi connectivity index (χ3v) is 26.2. The number of rotatable bonds is 18. The molecule has 2 unspecified atom stereocenters. The van der Waals surface area contributed by atoms with E-state index >= 15 is 38.4 Å². The zero-order valence-electron chi connectivity index (χ0n) is 57.3. The Morgan fingerprint density at radius 3 is 0.663 bits per heavy atom. The highest BCUT2D eigenvalue weighted by Crippen LogP contribution is 2.70. The van der Waals surface area contributed by atoms with Crippen LogP contribution in [0.5, 0.6) is 0 Å². The molecular formula is C86H72N8O8P2. The van der Waals surface area contributed by atoms with Crippen LogP contribution in [0.2, 0.25) is 0 Å². The summed E-state index contributed by atoms with van der Waals surface area (Å²) >= 11 is 0. The van der Waals surface area contributed by atoms with E-state index in [9.17, 15) is 0 Å². The maximum absolute atomic E-state index is 16.5. The average molecular weight is 1410 g/mol. The summed E-state index contributed by atoms with van der Waals surface area (Å²) in [5, 5.41) is 14.6. The van der Waals surface area contributed by atoms with E-state index in [4.69, 9.17) is 0 Å². The quantitative estimate of drug-likeness (QED) is 0.0607. The summed E-state index contributed by atoms with van der Waals surface area (Å²) < 4.78 is 5.95. The van der Waals surface area contributed by atoms with Gasteiger partial charge >= 0.3 is 0 Å². The van der Waals surface area contributed by atoms with Gasteiger partial charge in [0.1, 0.15) is 23.1 Å². The minimum atomic E-state index is -2.35. The first kappa shape index (κ1) is 67.8. The number of carbonyl (C=O) groups excluding carboxylic acids is 4. The van der Waals surface area contributed by atoms with Gasteiger partial charge in [0.25, 0.3) is 45.9 Å². The molecule has 11 aromatic carbocycles. The molecule has 0 radical (unpaired) electrons. The van der Waals surface area contributed by atoms with Crippen molar-refractivity contribution in [1.29, 1.82) is 0 Å². The van der Waals surface area contributed by atoms with Crippen molar-refractivity contribution in [3.8, 4) is 0 Å². The van der Waals surface area contributed by atoms with Crippen LogP contribution < -0.4 is 54.1 Å². The van der Waals surface area contributed by atoms with E-state index in [2.05, 4.69) is 21.3 Å². The molecular weight excluding hydrogens is 1330 g/mol. The van der Waals surface area contributed by atoms with Crippen LogP contribution >= 0.6 is 15.8 Å². The topological polar surface area (TPSA) is 204 Å². The number of hydrogen-bond acceptors (Lipinski definition) is 8. The molecule has 2 aliphatic heterocycles. The molecule has 15 rings (SSSR count). The summed E-state index contributed by atoms with van der Waals surface area (Å²) in [6.07, 6.45) is 0. The lowest BCUT2D eigenvalue weighted by Crippen LogP contribution is -2.38. The molecule has 0 aliphatic carbocycles. The van der Waals surface area contributed by atoms with Gasteiger partial charge in [-0.15, -0.1) is 0 Å². The second-order valence-electron chi connectivity index (χ2n) is 26.3. The maximum atomic E-state index is 16.5. The van der Waals surface area contributed by atoms with Gasteiger partial charge in [-0.1, -0.05) is 243 Å². The van der Waals surface area contributed by atoms with Gasteiger partial charge in [0, 0.05) is 22.3 Å². The van der Waals surface area contributed by atoms with Crippen molar-refractivity contribution in [1.82, 2.24) is 40.0 Å². The zero-order chi connectivity index (χ0) is 71.9. The van der Waals surface area contributed by atoms with Gasteiger partial charge in [0.2, 0.25) is 0 Å². The van der Waals surface area contributed by atoms with E-state index < -0.39 is 109 Å². The number of hydrogen-bond donors (Lipinski definition) is 4. The molecule has 0 fully saturated rings. The van der Waals surface area contributed by atoms with Crippen LogP contribution in [0, 0.1) is 0 Å². The van der Waals surface area contributed by atoms with Crippen molar-refractivity contribution in [2.24, 2.45) is 0 Å². The van der Waals surface area contributed by atoms with Crippen molar-refractivity contribution >= 4 is 71.6 Å². The Morgan fingerprint density at radius 2 is 0.442 bits per heavy atom. The number of aromatic nitrogens is 4. The zero-order valence-corrected chi connectivity index (χ0v) is 59.1. The van der Waals surface area contributed by atoms with Crippen molar-refractivity contribution in [2.45, 2.75) is 75.0 Å². The van der Waals surface area contributed by atoms with Crippen LogP contribution in [0.4, 0.5) is 0 Å². The first-order valence-electron chi connectivity index (χ1n) is 34.6. The van der Waals surface area contributed by atoms with E-state index in [1.165, 1.54) is 18.7 Å². The first-order chi connectivity index (χ1) is 50.7. The van der Waals surface area contributed by atoms with E-state index in [0.717, 1.165) is 22.3 Å². The number of nitrogens with zero attached hydrogens (tertiary/aromatic N) is 4. The number of amides is 4. The van der Waals surface area contributed by atoms with Crippen molar-refractivity contribution < 1.29 is 19.2 Å². The van der Waals surface area contributed by atoms with E-state index in [0.29, 0.717) is 32.9 Å². The highest BCUT2D eigenvalue weighted by Gasteiger charge is 2.53. The van der Waals surface area contributed by atoms with Crippen LogP contribution in [0.1, 0.15) is 161 Å². The molecule has 2 aliphatic rings. The monoisotopic (exact) mass is 1410 g/mol. The SMILES string of the molecule is C[C@H](NC(=O)c1ccccc1C1n2c(=O)c3ccccc3c(=O)n2[C@H](c2ccccc2C(=O)N[C@@H](C)c2ccccc2)P1c1ccccc1P1[C@@H](c2ccccc2C(=O)N[C@@H](C)c2ccccc2)n2c(=O)c3ccccc3c(=O)n2[C@@H]1c1ccccc1C(=O)N[C@@H](C)c1ccccc1)c1ccccc1. The van der Waals surface area contributed by atoms with E-state index in [1.54, 1.807) is 121 Å². The highest BCUT2D eigenvalue weighted by molar-refractivity contribution is 7.72. The Balaban J connectivity index is 1.04. The summed E-state index contributed by atoms with van der Waals surface area (Å²) in [5.74, 6) is -6.70. The second kappa shape index (κ2) is 28.8. The molecule has 13 aromatic rings. The standard InChI is InChI=1S/C86H72N8O8P2/c1-53(57-31-9-5-10-32-57)87-75(95)61-39-17-25-47-69(61)83-91-79(99)65-43-21-22-44-66(65)80(100)92(91)84(70-48-26-18-40-62(70)76(96)88-54(2)58-33-11-6-12-34-58)103(83)73-51-29-30-52-74(73)104-85(71-49-27-19-41-63(71)77(97)89-55(3)59-35-13-7-14-36-59)93-81(101)67-45-23-24-46-68(67)82(102)94(93)86(104)72-50-28-20-42-64(72)78(98)90-56(4)60-37-15-8-16-38-60/h5-56,83-86H,1-4H3,(H,87,95)(H,88,96)(H,89,97)(H,90,98)/t53-,54-,55-,56-,83-,84-,85-,86?,104?/m0/s1. The smallest absolute Gasteiger partial charge is 0.274 e. The molecule has 4 N–H and O–H groups in total. The highest BCUT2D eigenvalue weighted by atomic mass is 31.1. The molecule has 4 heterocycles. The van der Waals surface area contributed by atoms with E-state index in [1.807, 2.05) is 198 Å². The summed E-state index contributed by atoms with van der Waals surface area (Å²) in [6, 6.07) is 85.5. The van der Waals surface area contributed by atoms with Gasteiger partial charge < -0.3 is 21.3 Å².